The molecule has 0 bridgehead atoms. The highest BCUT2D eigenvalue weighted by molar-refractivity contribution is 6.43. The number of hydrogen-bond acceptors (Lipinski definition) is 4. The monoisotopic (exact) mass is 344 g/mol. The molecule has 1 fully saturated rings. The second-order valence-corrected chi connectivity index (χ2v) is 7.77. The van der Waals surface area contributed by atoms with E-state index in [-0.39, 0.29) is 24.2 Å². The normalized spacial score (nSPS) is 17.9. The van der Waals surface area contributed by atoms with E-state index in [0.29, 0.717) is 6.42 Å². The number of amides is 1. The van der Waals surface area contributed by atoms with Gasteiger partial charge in [-0.2, -0.15) is 5.26 Å². The Morgan fingerprint density at radius 1 is 1.16 bits per heavy atom. The summed E-state index contributed by atoms with van der Waals surface area (Å²) < 4.78 is 11.1. The lowest BCUT2D eigenvalue weighted by molar-refractivity contribution is -0.121. The van der Waals surface area contributed by atoms with Gasteiger partial charge in [0.15, 0.2) is 0 Å². The number of benzene rings is 1. The minimum absolute atomic E-state index is 0.0648. The molecule has 0 atom stereocenters. The Bertz CT molecular complexity index is 605. The van der Waals surface area contributed by atoms with Crippen molar-refractivity contribution < 1.29 is 14.1 Å². The Balaban J connectivity index is 0.000000271. The van der Waals surface area contributed by atoms with E-state index in [9.17, 15) is 4.79 Å². The zero-order valence-corrected chi connectivity index (χ0v) is 16.3. The van der Waals surface area contributed by atoms with E-state index in [1.807, 2.05) is 43.2 Å². The van der Waals surface area contributed by atoms with Crippen molar-refractivity contribution in [2.45, 2.75) is 71.5 Å². The largest absolute Gasteiger partial charge is 0.454 e. The summed E-state index contributed by atoms with van der Waals surface area (Å²) in [6.07, 6.45) is 0.311. The summed E-state index contributed by atoms with van der Waals surface area (Å²) in [4.78, 5) is 11.5. The Labute approximate surface area is 151 Å². The van der Waals surface area contributed by atoms with Gasteiger partial charge in [0.05, 0.1) is 23.7 Å². The van der Waals surface area contributed by atoms with Crippen LogP contribution >= 0.6 is 0 Å². The number of nitrogens with zero attached hydrogens (tertiary/aromatic N) is 1. The first-order valence-corrected chi connectivity index (χ1v) is 8.50. The molecule has 1 saturated heterocycles. The molecule has 1 aliphatic rings. The second kappa shape index (κ2) is 8.03. The second-order valence-electron chi connectivity index (χ2n) is 7.77. The molecule has 0 spiro atoms. The van der Waals surface area contributed by atoms with Crippen molar-refractivity contribution in [3.8, 4) is 6.07 Å². The van der Waals surface area contributed by atoms with Crippen molar-refractivity contribution in [1.29, 1.82) is 5.26 Å². The molecule has 1 amide bonds. The van der Waals surface area contributed by atoms with Crippen LogP contribution in [0.5, 0.6) is 0 Å². The van der Waals surface area contributed by atoms with Gasteiger partial charge in [0.2, 0.25) is 5.91 Å². The van der Waals surface area contributed by atoms with Gasteiger partial charge < -0.3 is 14.6 Å². The average Bonchev–Trinajstić information content (AvgIpc) is 2.65. The molecule has 0 radical (unpaired) electrons. The third-order valence-electron chi connectivity index (χ3n) is 4.31. The first-order valence-electron chi connectivity index (χ1n) is 8.50. The molecule has 0 aliphatic carbocycles. The smallest absolute Gasteiger partial charge is 0.403 e. The van der Waals surface area contributed by atoms with Crippen LogP contribution in [-0.4, -0.2) is 29.8 Å². The minimum atomic E-state index is -0.800. The molecule has 25 heavy (non-hydrogen) atoms. The molecule has 1 aromatic rings. The maximum Gasteiger partial charge on any atom is 0.454 e. The molecule has 6 heteroatoms. The maximum atomic E-state index is 11.5. The van der Waals surface area contributed by atoms with Crippen molar-refractivity contribution in [3.63, 3.8) is 0 Å². The van der Waals surface area contributed by atoms with Crippen molar-refractivity contribution in [2.75, 3.05) is 0 Å². The van der Waals surface area contributed by atoms with E-state index >= 15 is 0 Å². The summed E-state index contributed by atoms with van der Waals surface area (Å²) in [6.45, 7) is 13.5. The summed E-state index contributed by atoms with van der Waals surface area (Å²) in [6, 6.07) is 11.5. The highest BCUT2D eigenvalue weighted by Gasteiger charge is 2.48. The van der Waals surface area contributed by atoms with E-state index in [4.69, 9.17) is 14.6 Å². The molecular weight excluding hydrogens is 315 g/mol. The minimum Gasteiger partial charge on any atom is -0.403 e. The van der Waals surface area contributed by atoms with Crippen LogP contribution in [-0.2, 0) is 20.5 Å². The molecule has 0 aromatic heterocycles. The molecule has 5 nitrogen and oxygen atoms in total. The number of hydrogen-bond donors (Lipinski definition) is 1. The summed E-state index contributed by atoms with van der Waals surface area (Å²) in [5.74, 6) is -0.132. The summed E-state index contributed by atoms with van der Waals surface area (Å²) in [7, 11) is -0.0648. The van der Waals surface area contributed by atoms with Crippen molar-refractivity contribution in [3.05, 3.63) is 35.9 Å². The summed E-state index contributed by atoms with van der Waals surface area (Å²) >= 11 is 0. The van der Waals surface area contributed by atoms with Gasteiger partial charge in [-0.1, -0.05) is 30.3 Å². The van der Waals surface area contributed by atoms with Crippen LogP contribution in [0, 0.1) is 11.3 Å². The number of nitrogens with one attached hydrogen (secondary N) is 1. The zero-order valence-electron chi connectivity index (χ0n) is 16.3. The highest BCUT2D eigenvalue weighted by atomic mass is 16.7. The van der Waals surface area contributed by atoms with E-state index in [1.54, 1.807) is 13.8 Å². The van der Waals surface area contributed by atoms with Crippen LogP contribution in [0.1, 0.15) is 47.1 Å². The predicted octanol–water partition coefficient (Wildman–Crippen LogP) is 3.36. The maximum absolute atomic E-state index is 11.5. The van der Waals surface area contributed by atoms with Crippen LogP contribution in [0.15, 0.2) is 30.3 Å². The van der Waals surface area contributed by atoms with Crippen molar-refractivity contribution >= 4 is 13.0 Å². The van der Waals surface area contributed by atoms with Crippen LogP contribution in [0.25, 0.3) is 0 Å². The third-order valence-corrected chi connectivity index (χ3v) is 4.31. The molecule has 1 aliphatic heterocycles. The number of nitriles is 1. The summed E-state index contributed by atoms with van der Waals surface area (Å²) in [5.41, 5.74) is -0.172. The third kappa shape index (κ3) is 6.53. The molecule has 1 N–H and O–H groups in total. The van der Waals surface area contributed by atoms with E-state index in [1.165, 1.54) is 0 Å². The van der Waals surface area contributed by atoms with Crippen molar-refractivity contribution in [2.24, 2.45) is 0 Å². The van der Waals surface area contributed by atoms with Crippen LogP contribution in [0.2, 0.25) is 6.82 Å². The Morgan fingerprint density at radius 3 is 2.00 bits per heavy atom. The van der Waals surface area contributed by atoms with Gasteiger partial charge in [-0.15, -0.1) is 0 Å². The van der Waals surface area contributed by atoms with Crippen LogP contribution in [0.4, 0.5) is 0 Å². The predicted molar refractivity (Wildman–Crippen MR) is 99.9 cm³/mol. The lowest BCUT2D eigenvalue weighted by Gasteiger charge is -2.32. The Kier molecular flexibility index (Phi) is 6.81. The summed E-state index contributed by atoms with van der Waals surface area (Å²) in [5, 5.41) is 11.4. The molecule has 1 heterocycles. The van der Waals surface area contributed by atoms with Crippen molar-refractivity contribution in [1.82, 2.24) is 5.32 Å². The average molecular weight is 344 g/mol. The molecule has 1 aromatic carbocycles. The molecule has 136 valence electrons. The Morgan fingerprint density at radius 2 is 1.64 bits per heavy atom. The van der Waals surface area contributed by atoms with Gasteiger partial charge in [0.25, 0.3) is 0 Å². The molecule has 0 saturated carbocycles. The number of carbonyl (C=O) groups is 1. The zero-order chi connectivity index (χ0) is 19.3. The fraction of sp³-hybridized carbons (Fsp3) is 0.579. The lowest BCUT2D eigenvalue weighted by atomic mass is 9.90. The fourth-order valence-electron chi connectivity index (χ4n) is 2.34. The topological polar surface area (TPSA) is 71.3 Å². The van der Waals surface area contributed by atoms with E-state index < -0.39 is 5.54 Å². The molecular formula is C19H29BN2O3. The van der Waals surface area contributed by atoms with Crippen LogP contribution in [0.3, 0.4) is 0 Å². The van der Waals surface area contributed by atoms with Crippen LogP contribution < -0.4 is 5.32 Å². The Hall–Kier alpha value is -1.84. The van der Waals surface area contributed by atoms with Gasteiger partial charge in [0.1, 0.15) is 5.54 Å². The van der Waals surface area contributed by atoms with Gasteiger partial charge in [-0.05, 0) is 53.9 Å². The highest BCUT2D eigenvalue weighted by Crippen LogP contribution is 2.36. The van der Waals surface area contributed by atoms with E-state index in [2.05, 4.69) is 33.0 Å². The van der Waals surface area contributed by atoms with Gasteiger partial charge in [0, 0.05) is 0 Å². The van der Waals surface area contributed by atoms with E-state index in [0.717, 1.165) is 5.56 Å². The molecule has 2 rings (SSSR count). The molecule has 0 unspecified atom stereocenters. The first-order chi connectivity index (χ1) is 11.4. The number of rotatable bonds is 3. The lowest BCUT2D eigenvalue weighted by Crippen LogP contribution is -2.42. The number of carbonyl (C=O) groups excluding carboxylic acids is 1. The SMILES string of the molecule is CB1OC(C)(C)C(C)(C)O1.CC(C)(C#N)NC(=O)Cc1ccccc1. The quantitative estimate of drug-likeness (QED) is 0.854. The standard InChI is InChI=1S/C12H14N2O.C7H15BO2/c1-12(2,9-13)14-11(15)8-10-6-4-3-5-7-10;1-6(2)7(3,4)10-8(5)9-6/h3-7H,8H2,1-2H3,(H,14,15);1-5H3. The first kappa shape index (κ1) is 21.2. The van der Waals surface area contributed by atoms with Gasteiger partial charge >= 0.3 is 7.12 Å². The fourth-order valence-corrected chi connectivity index (χ4v) is 2.34. The van der Waals surface area contributed by atoms with Gasteiger partial charge in [-0.25, -0.2) is 0 Å². The van der Waals surface area contributed by atoms with Gasteiger partial charge in [-0.3, -0.25) is 4.79 Å².